The smallest absolute Gasteiger partial charge is 0.116 e. The van der Waals surface area contributed by atoms with E-state index in [1.807, 2.05) is 0 Å². The zero-order chi connectivity index (χ0) is 17.5. The lowest BCUT2D eigenvalue weighted by molar-refractivity contribution is 0.291. The maximum atomic E-state index is 4.85. The van der Waals surface area contributed by atoms with E-state index in [9.17, 15) is 0 Å². The van der Waals surface area contributed by atoms with Gasteiger partial charge in [0.2, 0.25) is 0 Å². The fourth-order valence-corrected chi connectivity index (χ4v) is 3.56. The Labute approximate surface area is 152 Å². The van der Waals surface area contributed by atoms with E-state index in [4.69, 9.17) is 5.10 Å². The van der Waals surface area contributed by atoms with Gasteiger partial charge in [0.1, 0.15) is 5.52 Å². The van der Waals surface area contributed by atoms with E-state index >= 15 is 0 Å². The number of benzene rings is 2. The molecule has 1 fully saturated rings. The number of aromatic nitrogens is 3. The van der Waals surface area contributed by atoms with Crippen LogP contribution in [-0.2, 0) is 0 Å². The van der Waals surface area contributed by atoms with Crippen LogP contribution in [-0.4, -0.2) is 14.8 Å². The van der Waals surface area contributed by atoms with E-state index in [-0.39, 0.29) is 0 Å². The second kappa shape index (κ2) is 6.06. The quantitative estimate of drug-likeness (QED) is 0.492. The van der Waals surface area contributed by atoms with Gasteiger partial charge in [0.05, 0.1) is 11.7 Å². The summed E-state index contributed by atoms with van der Waals surface area (Å²) < 4.78 is 2.15. The van der Waals surface area contributed by atoms with E-state index in [1.54, 1.807) is 0 Å². The molecule has 2 N–H and O–H groups in total. The predicted molar refractivity (Wildman–Crippen MR) is 107 cm³/mol. The molecule has 5 rings (SSSR count). The van der Waals surface area contributed by atoms with Gasteiger partial charge in [-0.3, -0.25) is 4.68 Å². The minimum absolute atomic E-state index is 0.582. The fourth-order valence-electron chi connectivity index (χ4n) is 3.56. The van der Waals surface area contributed by atoms with Crippen LogP contribution in [0.5, 0.6) is 0 Å². The maximum Gasteiger partial charge on any atom is 0.116 e. The summed E-state index contributed by atoms with van der Waals surface area (Å²) in [6.45, 7) is 2.07. The van der Waals surface area contributed by atoms with Crippen LogP contribution in [0, 0.1) is 6.92 Å². The molecular formula is C22H22N4. The van der Waals surface area contributed by atoms with E-state index in [1.165, 1.54) is 35.9 Å². The minimum atomic E-state index is 0.582. The van der Waals surface area contributed by atoms with Gasteiger partial charge >= 0.3 is 0 Å². The van der Waals surface area contributed by atoms with Crippen molar-refractivity contribution in [3.05, 3.63) is 66.5 Å². The zero-order valence-corrected chi connectivity index (χ0v) is 14.9. The second-order valence-electron chi connectivity index (χ2n) is 7.19. The van der Waals surface area contributed by atoms with Crippen LogP contribution in [0.25, 0.3) is 22.2 Å². The van der Waals surface area contributed by atoms with Crippen molar-refractivity contribution in [1.29, 1.82) is 0 Å². The van der Waals surface area contributed by atoms with E-state index in [2.05, 4.69) is 82.7 Å². The van der Waals surface area contributed by atoms with Crippen LogP contribution in [0.4, 0.5) is 11.4 Å². The largest absolute Gasteiger partial charge is 0.359 e. The third-order valence-corrected chi connectivity index (χ3v) is 5.31. The molecule has 26 heavy (non-hydrogen) atoms. The van der Waals surface area contributed by atoms with Crippen LogP contribution in [0.3, 0.4) is 0 Å². The third-order valence-electron chi connectivity index (χ3n) is 5.31. The molecule has 1 aliphatic carbocycles. The van der Waals surface area contributed by atoms with Crippen molar-refractivity contribution >= 4 is 22.3 Å². The Bertz CT molecular complexity index is 1050. The Morgan fingerprint density at radius 1 is 1.04 bits per heavy atom. The summed E-state index contributed by atoms with van der Waals surface area (Å²) in [5, 5.41) is 9.58. The highest BCUT2D eigenvalue weighted by Crippen LogP contribution is 2.34. The van der Waals surface area contributed by atoms with Crippen molar-refractivity contribution < 1.29 is 0 Å². The lowest BCUT2D eigenvalue weighted by atomic mass is 9.93. The fraction of sp³-hybridized carbons (Fsp3) is 0.227. The van der Waals surface area contributed by atoms with Crippen LogP contribution >= 0.6 is 0 Å². The summed E-state index contributed by atoms with van der Waals surface area (Å²) in [6, 6.07) is 19.6. The minimum Gasteiger partial charge on any atom is -0.359 e. The van der Waals surface area contributed by atoms with Crippen molar-refractivity contribution in [2.24, 2.45) is 0 Å². The van der Waals surface area contributed by atoms with Gasteiger partial charge in [-0.15, -0.1) is 0 Å². The normalized spacial score (nSPS) is 14.5. The number of rotatable bonds is 4. The van der Waals surface area contributed by atoms with E-state index in [0.717, 1.165) is 22.6 Å². The summed E-state index contributed by atoms with van der Waals surface area (Å²) in [6.07, 6.45) is 5.99. The third kappa shape index (κ3) is 2.68. The lowest BCUT2D eigenvalue weighted by Crippen LogP contribution is -2.17. The van der Waals surface area contributed by atoms with E-state index < -0.39 is 0 Å². The van der Waals surface area contributed by atoms with E-state index in [0.29, 0.717) is 6.04 Å². The molecule has 4 nitrogen and oxygen atoms in total. The van der Waals surface area contributed by atoms with Gasteiger partial charge in [-0.1, -0.05) is 24.3 Å². The first kappa shape index (κ1) is 15.3. The number of aryl methyl sites for hydroxylation is 1. The first-order valence-electron chi connectivity index (χ1n) is 9.27. The highest BCUT2D eigenvalue weighted by atomic mass is 15.3. The lowest BCUT2D eigenvalue weighted by Gasteiger charge is -2.25. The monoisotopic (exact) mass is 342 g/mol. The average Bonchev–Trinajstić information content (AvgIpc) is 3.21. The Balaban J connectivity index is 1.42. The van der Waals surface area contributed by atoms with Gasteiger partial charge in [0, 0.05) is 28.7 Å². The Hall–Kier alpha value is -3.01. The van der Waals surface area contributed by atoms with Crippen LogP contribution in [0.2, 0.25) is 0 Å². The molecular weight excluding hydrogens is 320 g/mol. The summed E-state index contributed by atoms with van der Waals surface area (Å²) in [5.74, 6) is 0. The molecule has 0 radical (unpaired) electrons. The highest BCUT2D eigenvalue weighted by Gasteiger charge is 2.20. The molecule has 4 heteroatoms. The number of nitrogens with one attached hydrogen (secondary N) is 2. The second-order valence-corrected chi connectivity index (χ2v) is 7.19. The maximum absolute atomic E-state index is 4.85. The number of fused-ring (bicyclic) bond motifs is 1. The van der Waals surface area contributed by atoms with Crippen molar-refractivity contribution in [3.8, 4) is 11.3 Å². The van der Waals surface area contributed by atoms with Gasteiger partial charge in [0.15, 0.2) is 0 Å². The molecule has 4 aromatic rings. The van der Waals surface area contributed by atoms with Crippen molar-refractivity contribution in [1.82, 2.24) is 14.8 Å². The topological polar surface area (TPSA) is 45.6 Å². The molecule has 0 amide bonds. The summed E-state index contributed by atoms with van der Waals surface area (Å²) in [4.78, 5) is 3.38. The number of hydrogen-bond acceptors (Lipinski definition) is 2. The Morgan fingerprint density at radius 3 is 2.58 bits per heavy atom. The molecule has 2 heterocycles. The number of nitrogens with zero attached hydrogens (tertiary/aromatic N) is 2. The van der Waals surface area contributed by atoms with Crippen LogP contribution < -0.4 is 5.32 Å². The molecule has 130 valence electrons. The van der Waals surface area contributed by atoms with Gasteiger partial charge in [-0.05, 0) is 62.1 Å². The number of anilines is 2. The highest BCUT2D eigenvalue weighted by molar-refractivity contribution is 5.92. The number of aromatic amines is 1. The van der Waals surface area contributed by atoms with Gasteiger partial charge < -0.3 is 10.3 Å². The summed E-state index contributed by atoms with van der Waals surface area (Å²) >= 11 is 0. The summed E-state index contributed by atoms with van der Waals surface area (Å²) in [7, 11) is 0. The molecule has 0 bridgehead atoms. The van der Waals surface area contributed by atoms with Crippen molar-refractivity contribution in [2.75, 3.05) is 5.32 Å². The van der Waals surface area contributed by atoms with Gasteiger partial charge in [-0.25, -0.2) is 0 Å². The first-order valence-corrected chi connectivity index (χ1v) is 9.27. The zero-order valence-electron chi connectivity index (χ0n) is 14.9. The summed E-state index contributed by atoms with van der Waals surface area (Å²) in [5.41, 5.74) is 6.69. The molecule has 0 unspecified atom stereocenters. The molecule has 1 saturated carbocycles. The molecule has 2 aromatic heterocycles. The first-order chi connectivity index (χ1) is 12.8. The predicted octanol–water partition coefficient (Wildman–Crippen LogP) is 5.81. The number of H-pyrrole nitrogens is 1. The van der Waals surface area contributed by atoms with Crippen molar-refractivity contribution in [3.63, 3.8) is 0 Å². The molecule has 2 aromatic carbocycles. The molecule has 0 atom stereocenters. The molecule has 0 saturated heterocycles. The van der Waals surface area contributed by atoms with Gasteiger partial charge in [-0.2, -0.15) is 5.10 Å². The van der Waals surface area contributed by atoms with Crippen LogP contribution in [0.15, 0.2) is 60.8 Å². The molecule has 0 spiro atoms. The SMILES string of the molecule is Cc1ccc(-c2ccc(Nc3cccc4cn(C5CCC5)nc34)cc2)[nH]1. The Morgan fingerprint density at radius 2 is 1.88 bits per heavy atom. The van der Waals surface area contributed by atoms with Crippen molar-refractivity contribution in [2.45, 2.75) is 32.2 Å². The molecule has 0 aliphatic heterocycles. The Kier molecular flexibility index (Phi) is 3.56. The number of hydrogen-bond donors (Lipinski definition) is 2. The molecule has 1 aliphatic rings. The van der Waals surface area contributed by atoms with Gasteiger partial charge in [0.25, 0.3) is 0 Å². The standard InChI is InChI=1S/C22H22N4/c1-15-8-13-20(23-15)16-9-11-18(12-10-16)24-21-7-2-4-17-14-26(25-22(17)21)19-5-3-6-19/h2,4,7-14,19,23-24H,3,5-6H2,1H3. The van der Waals surface area contributed by atoms with Crippen LogP contribution in [0.1, 0.15) is 31.0 Å². The average molecular weight is 342 g/mol.